The summed E-state index contributed by atoms with van der Waals surface area (Å²) in [6.45, 7) is 8.61. The fourth-order valence-corrected chi connectivity index (χ4v) is 4.55. The summed E-state index contributed by atoms with van der Waals surface area (Å²) in [7, 11) is 0. The first-order valence-corrected chi connectivity index (χ1v) is 11.3. The van der Waals surface area contributed by atoms with Gasteiger partial charge in [0.25, 0.3) is 0 Å². The van der Waals surface area contributed by atoms with Gasteiger partial charge in [-0.1, -0.05) is 35.9 Å². The Bertz CT molecular complexity index is 927. The summed E-state index contributed by atoms with van der Waals surface area (Å²) >= 11 is 0. The summed E-state index contributed by atoms with van der Waals surface area (Å²) in [5, 5.41) is 4.23. The molecule has 4 nitrogen and oxygen atoms in total. The molecule has 1 unspecified atom stereocenters. The molecule has 1 saturated heterocycles. The molecule has 4 rings (SSSR count). The molecule has 0 N–H and O–H groups in total. The first kappa shape index (κ1) is 21.8. The maximum absolute atomic E-state index is 13.3. The maximum Gasteiger partial charge on any atom is 0.248 e. The fraction of sp³-hybridized carbons (Fsp3) is 0.560. The normalized spacial score (nSPS) is 23.3. The van der Waals surface area contributed by atoms with E-state index < -0.39 is 5.92 Å². The molecule has 2 fully saturated rings. The predicted octanol–water partition coefficient (Wildman–Crippen LogP) is 6.43. The largest absolute Gasteiger partial charge is 0.493 e. The Morgan fingerprint density at radius 2 is 2.03 bits per heavy atom. The van der Waals surface area contributed by atoms with Crippen LogP contribution in [0.5, 0.6) is 5.75 Å². The van der Waals surface area contributed by atoms with Crippen LogP contribution in [-0.2, 0) is 0 Å². The lowest BCUT2D eigenvalue weighted by molar-refractivity contribution is -0.0498. The van der Waals surface area contributed by atoms with Gasteiger partial charge in [0.2, 0.25) is 5.92 Å². The number of benzene rings is 1. The monoisotopic (exact) mass is 430 g/mol. The van der Waals surface area contributed by atoms with Crippen molar-refractivity contribution in [1.29, 1.82) is 0 Å². The average molecular weight is 431 g/mol. The third kappa shape index (κ3) is 5.28. The van der Waals surface area contributed by atoms with E-state index in [9.17, 15) is 8.78 Å². The smallest absolute Gasteiger partial charge is 0.248 e. The molecule has 1 aromatic carbocycles. The Hall–Kier alpha value is -2.37. The predicted molar refractivity (Wildman–Crippen MR) is 119 cm³/mol. The van der Waals surface area contributed by atoms with Crippen LogP contribution < -0.4 is 9.64 Å². The van der Waals surface area contributed by atoms with Crippen LogP contribution in [-0.4, -0.2) is 30.8 Å². The number of nitrogens with zero attached hydrogens (tertiary/aromatic N) is 2. The topological polar surface area (TPSA) is 38.5 Å². The Morgan fingerprint density at radius 1 is 1.26 bits per heavy atom. The van der Waals surface area contributed by atoms with Crippen molar-refractivity contribution in [2.75, 3.05) is 24.6 Å². The number of piperidine rings is 1. The molecular formula is C25H32F2N2O2. The Balaban J connectivity index is 1.35. The van der Waals surface area contributed by atoms with E-state index in [0.717, 1.165) is 48.0 Å². The van der Waals surface area contributed by atoms with E-state index in [4.69, 9.17) is 9.26 Å². The molecule has 1 aliphatic heterocycles. The number of anilines is 1. The number of halogens is 2. The molecule has 2 heterocycles. The summed E-state index contributed by atoms with van der Waals surface area (Å²) < 4.78 is 38.0. The van der Waals surface area contributed by atoms with Crippen LogP contribution in [0.1, 0.15) is 55.9 Å². The maximum atomic E-state index is 13.3. The van der Waals surface area contributed by atoms with E-state index in [2.05, 4.69) is 42.1 Å². The lowest BCUT2D eigenvalue weighted by Crippen LogP contribution is -2.36. The summed E-state index contributed by atoms with van der Waals surface area (Å²) in [6.07, 6.45) is 4.28. The second kappa shape index (κ2) is 9.01. The molecule has 1 saturated carbocycles. The number of ether oxygens (including phenoxy) is 1. The molecule has 0 bridgehead atoms. The third-order valence-electron chi connectivity index (χ3n) is 6.76. The van der Waals surface area contributed by atoms with Gasteiger partial charge in [-0.25, -0.2) is 8.78 Å². The van der Waals surface area contributed by atoms with E-state index in [1.54, 1.807) is 0 Å². The summed E-state index contributed by atoms with van der Waals surface area (Å²) in [6, 6.07) is 8.08. The van der Waals surface area contributed by atoms with E-state index >= 15 is 0 Å². The summed E-state index contributed by atoms with van der Waals surface area (Å²) in [4.78, 5) is 2.31. The van der Waals surface area contributed by atoms with Crippen molar-refractivity contribution in [3.63, 3.8) is 0 Å². The van der Waals surface area contributed by atoms with Crippen molar-refractivity contribution < 1.29 is 18.0 Å². The number of hydrogen-bond donors (Lipinski definition) is 0. The minimum absolute atomic E-state index is 0.0184. The van der Waals surface area contributed by atoms with Gasteiger partial charge in [0.05, 0.1) is 6.61 Å². The highest BCUT2D eigenvalue weighted by molar-refractivity contribution is 5.57. The van der Waals surface area contributed by atoms with Gasteiger partial charge >= 0.3 is 0 Å². The van der Waals surface area contributed by atoms with E-state index in [1.165, 1.54) is 5.57 Å². The van der Waals surface area contributed by atoms with Crippen molar-refractivity contribution in [3.8, 4) is 5.75 Å². The molecule has 6 heteroatoms. The minimum atomic E-state index is -2.49. The fourth-order valence-electron chi connectivity index (χ4n) is 4.55. The first-order chi connectivity index (χ1) is 14.8. The molecule has 1 aromatic heterocycles. The Labute approximate surface area is 183 Å². The lowest BCUT2D eigenvalue weighted by atomic mass is 9.87. The average Bonchev–Trinajstić information content (AvgIpc) is 3.07. The van der Waals surface area contributed by atoms with Crippen molar-refractivity contribution in [2.45, 2.75) is 58.8 Å². The van der Waals surface area contributed by atoms with Gasteiger partial charge in [-0.15, -0.1) is 0 Å². The van der Waals surface area contributed by atoms with Crippen LogP contribution in [0.15, 0.2) is 34.4 Å². The number of aryl methyl sites for hydroxylation is 1. The minimum Gasteiger partial charge on any atom is -0.493 e. The summed E-state index contributed by atoms with van der Waals surface area (Å²) in [5.41, 5.74) is 3.66. The van der Waals surface area contributed by atoms with Crippen LogP contribution in [0.25, 0.3) is 6.08 Å². The molecule has 1 aliphatic carbocycles. The number of rotatable bonds is 5. The number of hydrogen-bond acceptors (Lipinski definition) is 4. The van der Waals surface area contributed by atoms with Crippen LogP contribution in [0.2, 0.25) is 0 Å². The molecule has 2 aromatic rings. The van der Waals surface area contributed by atoms with Gasteiger partial charge in [0.15, 0.2) is 5.82 Å². The van der Waals surface area contributed by atoms with Crippen LogP contribution in [0.4, 0.5) is 14.6 Å². The zero-order valence-electron chi connectivity index (χ0n) is 18.7. The SMILES string of the molecule is Cc1onc(N2CC/C(=C\c3cccc(OCC4CCC(F)(F)CC4)c3)C(C)C2)c1C. The van der Waals surface area contributed by atoms with Gasteiger partial charge in [-0.2, -0.15) is 0 Å². The molecule has 0 spiro atoms. The van der Waals surface area contributed by atoms with Crippen molar-refractivity contribution in [1.82, 2.24) is 5.16 Å². The number of aromatic nitrogens is 1. The molecule has 2 aliphatic rings. The molecule has 31 heavy (non-hydrogen) atoms. The first-order valence-electron chi connectivity index (χ1n) is 11.3. The van der Waals surface area contributed by atoms with E-state index in [0.29, 0.717) is 25.4 Å². The molecular weight excluding hydrogens is 398 g/mol. The highest BCUT2D eigenvalue weighted by Gasteiger charge is 2.35. The highest BCUT2D eigenvalue weighted by Crippen LogP contribution is 2.36. The van der Waals surface area contributed by atoms with Gasteiger partial charge in [0.1, 0.15) is 11.5 Å². The van der Waals surface area contributed by atoms with Gasteiger partial charge in [-0.05, 0) is 62.6 Å². The highest BCUT2D eigenvalue weighted by atomic mass is 19.3. The summed E-state index contributed by atoms with van der Waals surface area (Å²) in [5.74, 6) is 0.792. The molecule has 0 amide bonds. The van der Waals surface area contributed by atoms with Gasteiger partial charge < -0.3 is 14.2 Å². The molecule has 1 atom stereocenters. The van der Waals surface area contributed by atoms with E-state index in [-0.39, 0.29) is 18.8 Å². The Kier molecular flexibility index (Phi) is 6.35. The zero-order valence-corrected chi connectivity index (χ0v) is 18.7. The van der Waals surface area contributed by atoms with Crippen LogP contribution in [0, 0.1) is 25.7 Å². The lowest BCUT2D eigenvalue weighted by Gasteiger charge is -2.33. The number of alkyl halides is 2. The second-order valence-electron chi connectivity index (χ2n) is 9.19. The molecule has 168 valence electrons. The van der Waals surface area contributed by atoms with Gasteiger partial charge in [-0.3, -0.25) is 0 Å². The molecule has 0 radical (unpaired) electrons. The van der Waals surface area contributed by atoms with Crippen molar-refractivity contribution in [2.24, 2.45) is 11.8 Å². The quantitative estimate of drug-likeness (QED) is 0.548. The third-order valence-corrected chi connectivity index (χ3v) is 6.76. The standard InChI is InChI=1S/C25H32F2N2O2/c1-17-15-29(24-18(2)19(3)31-28-24)12-9-22(17)13-21-5-4-6-23(14-21)30-16-20-7-10-25(26,27)11-8-20/h4-6,13-14,17,20H,7-12,15-16H2,1-3H3/b22-13+. The van der Waals surface area contributed by atoms with Crippen molar-refractivity contribution >= 4 is 11.9 Å². The van der Waals surface area contributed by atoms with Crippen LogP contribution in [0.3, 0.4) is 0 Å². The Morgan fingerprint density at radius 3 is 2.71 bits per heavy atom. The van der Waals surface area contributed by atoms with Crippen LogP contribution >= 0.6 is 0 Å². The van der Waals surface area contributed by atoms with Crippen molar-refractivity contribution in [3.05, 3.63) is 46.7 Å². The van der Waals surface area contributed by atoms with E-state index in [1.807, 2.05) is 19.1 Å². The zero-order chi connectivity index (χ0) is 22.0. The van der Waals surface area contributed by atoms with Gasteiger partial charge in [0, 0.05) is 31.5 Å². The second-order valence-corrected chi connectivity index (χ2v) is 9.19.